The van der Waals surface area contributed by atoms with Gasteiger partial charge in [-0.3, -0.25) is 9.59 Å². The number of amides is 3. The van der Waals surface area contributed by atoms with Crippen LogP contribution in [0.3, 0.4) is 0 Å². The molecule has 3 amide bonds. The molecule has 0 aliphatic rings. The van der Waals surface area contributed by atoms with Crippen LogP contribution in [0.2, 0.25) is 0 Å². The molecule has 3 aromatic carbocycles. The summed E-state index contributed by atoms with van der Waals surface area (Å²) < 4.78 is 11.0. The topological polar surface area (TPSA) is 123 Å². The van der Waals surface area contributed by atoms with Gasteiger partial charge in [0.25, 0.3) is 0 Å². The van der Waals surface area contributed by atoms with Crippen molar-refractivity contribution < 1.29 is 28.7 Å². The number of carbonyl (C=O) groups is 4. The van der Waals surface area contributed by atoms with Crippen LogP contribution in [0.25, 0.3) is 0 Å². The third kappa shape index (κ3) is 15.0. The van der Waals surface area contributed by atoms with Crippen molar-refractivity contribution in [3.8, 4) is 12.8 Å². The number of alkyl carbamates (subject to hydrolysis) is 1. The van der Waals surface area contributed by atoms with E-state index in [1.165, 1.54) is 0 Å². The number of hydrogen-bond donors (Lipinski definition) is 3. The Balaban J connectivity index is 0.00000392. The second-order valence-corrected chi connectivity index (χ2v) is 12.8. The largest absolute Gasteiger partial charge is 0.459 e. The molecule has 256 valence electrons. The van der Waals surface area contributed by atoms with Crippen molar-refractivity contribution in [2.45, 2.75) is 90.6 Å². The summed E-state index contributed by atoms with van der Waals surface area (Å²) in [7, 11) is 0. The lowest BCUT2D eigenvalue weighted by molar-refractivity contribution is -0.149. The highest BCUT2D eigenvalue weighted by atomic mass is 16.6. The summed E-state index contributed by atoms with van der Waals surface area (Å²) in [5, 5.41) is 8.37. The lowest BCUT2D eigenvalue weighted by atomic mass is 10.00. The first-order valence-electron chi connectivity index (χ1n) is 16.1. The number of hydrogen-bond acceptors (Lipinski definition) is 6. The van der Waals surface area contributed by atoms with Crippen LogP contribution >= 0.6 is 0 Å². The minimum absolute atomic E-state index is 0.0373. The van der Waals surface area contributed by atoms with Gasteiger partial charge < -0.3 is 25.4 Å². The van der Waals surface area contributed by atoms with E-state index in [4.69, 9.17) is 9.47 Å². The summed E-state index contributed by atoms with van der Waals surface area (Å²) >= 11 is 0. The molecule has 0 saturated heterocycles. The fourth-order valence-corrected chi connectivity index (χ4v) is 4.79. The molecular formula is C39H49N3O6. The highest BCUT2D eigenvalue weighted by molar-refractivity contribution is 5.93. The summed E-state index contributed by atoms with van der Waals surface area (Å²) in [5.41, 5.74) is 1.91. The molecule has 0 unspecified atom stereocenters. The molecule has 0 fully saturated rings. The zero-order valence-electron chi connectivity index (χ0n) is 28.6. The summed E-state index contributed by atoms with van der Waals surface area (Å²) in [4.78, 5) is 53.4. The van der Waals surface area contributed by atoms with E-state index in [0.717, 1.165) is 16.7 Å². The van der Waals surface area contributed by atoms with E-state index in [1.807, 2.05) is 105 Å². The predicted octanol–water partition coefficient (Wildman–Crippen LogP) is 5.76. The Morgan fingerprint density at radius 3 is 1.67 bits per heavy atom. The molecule has 3 rings (SSSR count). The van der Waals surface area contributed by atoms with Gasteiger partial charge in [0.2, 0.25) is 11.8 Å². The molecule has 48 heavy (non-hydrogen) atoms. The quantitative estimate of drug-likeness (QED) is 0.141. The number of rotatable bonds is 15. The fraction of sp³-hybridized carbons (Fsp3) is 0.385. The Morgan fingerprint density at radius 2 is 1.15 bits per heavy atom. The van der Waals surface area contributed by atoms with Crippen LogP contribution in [-0.4, -0.2) is 47.6 Å². The molecule has 3 atom stereocenters. The lowest BCUT2D eigenvalue weighted by Gasteiger charge is -2.27. The zero-order chi connectivity index (χ0) is 35.5. The Morgan fingerprint density at radius 1 is 0.667 bits per heavy atom. The number of aryl methyl sites for hydroxylation is 1. The van der Waals surface area contributed by atoms with Crippen molar-refractivity contribution >= 4 is 23.9 Å². The average molecular weight is 656 g/mol. The van der Waals surface area contributed by atoms with Crippen LogP contribution in [-0.2, 0) is 43.3 Å². The third-order valence-electron chi connectivity index (χ3n) is 7.02. The van der Waals surface area contributed by atoms with Crippen LogP contribution in [0.1, 0.15) is 64.2 Å². The van der Waals surface area contributed by atoms with E-state index >= 15 is 0 Å². The second-order valence-electron chi connectivity index (χ2n) is 12.8. The van der Waals surface area contributed by atoms with Gasteiger partial charge in [-0.25, -0.2) is 9.59 Å². The molecule has 0 aliphatic carbocycles. The van der Waals surface area contributed by atoms with E-state index in [1.54, 1.807) is 20.8 Å². The molecular weight excluding hydrogens is 606 g/mol. The molecule has 0 spiro atoms. The Bertz CT molecular complexity index is 1440. The van der Waals surface area contributed by atoms with Gasteiger partial charge in [-0.2, -0.15) is 0 Å². The lowest BCUT2D eigenvalue weighted by Crippen LogP contribution is -2.56. The molecule has 0 radical (unpaired) electrons. The zero-order valence-corrected chi connectivity index (χ0v) is 28.6. The maximum absolute atomic E-state index is 13.8. The van der Waals surface area contributed by atoms with Gasteiger partial charge in [0.15, 0.2) is 0 Å². The molecule has 0 aromatic heterocycles. The van der Waals surface area contributed by atoms with E-state index in [9.17, 15) is 19.2 Å². The van der Waals surface area contributed by atoms with Crippen molar-refractivity contribution in [3.63, 3.8) is 0 Å². The Labute approximate surface area is 285 Å². The Hall–Kier alpha value is -5.10. The summed E-state index contributed by atoms with van der Waals surface area (Å²) in [6, 6.07) is 25.3. The number of ether oxygens (including phenoxy) is 2. The average Bonchev–Trinajstić information content (AvgIpc) is 3.06. The molecule has 3 aromatic rings. The molecule has 0 saturated carbocycles. The summed E-state index contributed by atoms with van der Waals surface area (Å²) in [5.74, 6) is -1.58. The normalized spacial score (nSPS) is 12.7. The van der Waals surface area contributed by atoms with E-state index in [-0.39, 0.29) is 25.4 Å². The number of nitrogens with one attached hydrogen (secondary N) is 3. The SMILES string of the molecule is C#C.CC(C)C[C@H](NC(=O)[C@H](CCc1ccccc1)NC(=O)OC(C)(C)C)C(=O)N[C@@H](Cc1ccccc1)C(=O)OCc1ccccc1. The molecule has 9 nitrogen and oxygen atoms in total. The summed E-state index contributed by atoms with van der Waals surface area (Å²) in [6.45, 7) is 9.16. The van der Waals surface area contributed by atoms with E-state index in [0.29, 0.717) is 12.8 Å². The van der Waals surface area contributed by atoms with Crippen LogP contribution in [0.5, 0.6) is 0 Å². The molecule has 3 N–H and O–H groups in total. The number of esters is 1. The minimum atomic E-state index is -0.987. The van der Waals surface area contributed by atoms with Crippen molar-refractivity contribution in [2.24, 2.45) is 5.92 Å². The molecule has 0 heterocycles. The number of terminal acetylenes is 1. The number of benzene rings is 3. The van der Waals surface area contributed by atoms with E-state index in [2.05, 4.69) is 28.8 Å². The first-order valence-corrected chi connectivity index (χ1v) is 16.1. The summed E-state index contributed by atoms with van der Waals surface area (Å²) in [6.07, 6.45) is 8.60. The maximum Gasteiger partial charge on any atom is 0.408 e. The van der Waals surface area contributed by atoms with Crippen molar-refractivity contribution in [1.82, 2.24) is 16.0 Å². The van der Waals surface area contributed by atoms with Gasteiger partial charge in [0.1, 0.15) is 30.3 Å². The van der Waals surface area contributed by atoms with Gasteiger partial charge in [0.05, 0.1) is 0 Å². The van der Waals surface area contributed by atoms with Gasteiger partial charge in [0, 0.05) is 6.42 Å². The van der Waals surface area contributed by atoms with Crippen LogP contribution < -0.4 is 16.0 Å². The second kappa shape index (κ2) is 20.2. The van der Waals surface area contributed by atoms with Crippen LogP contribution in [0, 0.1) is 18.8 Å². The van der Waals surface area contributed by atoms with Gasteiger partial charge in [-0.1, -0.05) is 105 Å². The Kier molecular flexibility index (Phi) is 16.4. The standard InChI is InChI=1S/C37H47N3O6.C2H2/c1-26(2)23-31(38-33(41)30(40-36(44)46-37(3,4)5)22-21-27-15-9-6-10-16-27)34(42)39-32(24-28-17-11-7-12-18-28)35(43)45-25-29-19-13-8-14-20-29;1-2/h6-20,26,30-32H,21-25H2,1-5H3,(H,38,41)(H,39,42)(H,40,44);1-2H/t30-,31-,32-;/m0./s1. The fourth-order valence-electron chi connectivity index (χ4n) is 4.79. The number of carbonyl (C=O) groups excluding carboxylic acids is 4. The highest BCUT2D eigenvalue weighted by Gasteiger charge is 2.31. The first-order chi connectivity index (χ1) is 22.9. The smallest absolute Gasteiger partial charge is 0.408 e. The third-order valence-corrected chi connectivity index (χ3v) is 7.02. The van der Waals surface area contributed by atoms with Crippen molar-refractivity contribution in [3.05, 3.63) is 108 Å². The monoisotopic (exact) mass is 655 g/mol. The first kappa shape index (κ1) is 39.1. The minimum Gasteiger partial charge on any atom is -0.459 e. The molecule has 0 bridgehead atoms. The van der Waals surface area contributed by atoms with Gasteiger partial charge >= 0.3 is 12.1 Å². The molecule has 0 aliphatic heterocycles. The maximum atomic E-state index is 13.8. The van der Waals surface area contributed by atoms with Gasteiger partial charge in [-0.15, -0.1) is 12.8 Å². The highest BCUT2D eigenvalue weighted by Crippen LogP contribution is 2.13. The van der Waals surface area contributed by atoms with Gasteiger partial charge in [-0.05, 0) is 62.6 Å². The van der Waals surface area contributed by atoms with Crippen molar-refractivity contribution in [1.29, 1.82) is 0 Å². The van der Waals surface area contributed by atoms with E-state index < -0.39 is 47.6 Å². The van der Waals surface area contributed by atoms with Crippen LogP contribution in [0.4, 0.5) is 4.79 Å². The van der Waals surface area contributed by atoms with Crippen molar-refractivity contribution in [2.75, 3.05) is 0 Å². The molecule has 9 heteroatoms. The predicted molar refractivity (Wildman–Crippen MR) is 188 cm³/mol. The van der Waals surface area contributed by atoms with Crippen LogP contribution in [0.15, 0.2) is 91.0 Å².